The lowest BCUT2D eigenvalue weighted by molar-refractivity contribution is 0.314. The molecule has 0 aromatic carbocycles. The zero-order valence-electron chi connectivity index (χ0n) is 7.57. The molecule has 2 N–H and O–H groups in total. The second-order valence-electron chi connectivity index (χ2n) is 2.92. The zero-order valence-corrected chi connectivity index (χ0v) is 7.57. The molecule has 2 atom stereocenters. The van der Waals surface area contributed by atoms with E-state index in [0.717, 1.165) is 5.76 Å². The summed E-state index contributed by atoms with van der Waals surface area (Å²) < 4.78 is 9.90. The highest BCUT2D eigenvalue weighted by Crippen LogP contribution is 2.21. The van der Waals surface area contributed by atoms with E-state index in [1.807, 2.05) is 13.8 Å². The molecule has 0 aliphatic heterocycles. The molecule has 1 rings (SSSR count). The van der Waals surface area contributed by atoms with E-state index in [0.29, 0.717) is 5.88 Å². The molecule has 0 aliphatic rings. The van der Waals surface area contributed by atoms with E-state index in [-0.39, 0.29) is 12.0 Å². The van der Waals surface area contributed by atoms with Crippen LogP contribution in [-0.4, -0.2) is 18.3 Å². The summed E-state index contributed by atoms with van der Waals surface area (Å²) in [5.41, 5.74) is 5.69. The number of ether oxygens (including phenoxy) is 1. The fourth-order valence-corrected chi connectivity index (χ4v) is 0.842. The first-order chi connectivity index (χ1) is 5.65. The Kier molecular flexibility index (Phi) is 2.70. The molecule has 0 saturated heterocycles. The number of hydrogen-bond acceptors (Lipinski definition) is 4. The lowest BCUT2D eigenvalue weighted by Crippen LogP contribution is -2.21. The number of nitrogens with zero attached hydrogens (tertiary/aromatic N) is 1. The van der Waals surface area contributed by atoms with Crippen molar-refractivity contribution in [3.63, 3.8) is 0 Å². The zero-order chi connectivity index (χ0) is 9.14. The molecule has 0 amide bonds. The maximum atomic E-state index is 5.69. The molecule has 68 valence electrons. The summed E-state index contributed by atoms with van der Waals surface area (Å²) in [4.78, 5) is 0. The first-order valence-corrected chi connectivity index (χ1v) is 3.91. The average molecular weight is 170 g/mol. The van der Waals surface area contributed by atoms with E-state index in [9.17, 15) is 0 Å². The molecule has 2 unspecified atom stereocenters. The molecule has 0 radical (unpaired) electrons. The van der Waals surface area contributed by atoms with E-state index in [2.05, 4.69) is 5.16 Å². The van der Waals surface area contributed by atoms with Crippen LogP contribution in [-0.2, 0) is 0 Å². The van der Waals surface area contributed by atoms with E-state index >= 15 is 0 Å². The normalized spacial score (nSPS) is 15.7. The Bertz CT molecular complexity index is 245. The van der Waals surface area contributed by atoms with Crippen LogP contribution in [0.1, 0.15) is 25.5 Å². The lowest BCUT2D eigenvalue weighted by Gasteiger charge is -2.10. The molecule has 1 aromatic rings. The number of hydrogen-bond donors (Lipinski definition) is 1. The highest BCUT2D eigenvalue weighted by molar-refractivity contribution is 5.14. The highest BCUT2D eigenvalue weighted by Gasteiger charge is 2.15. The number of methoxy groups -OCH3 is 1. The Morgan fingerprint density at radius 2 is 2.25 bits per heavy atom. The summed E-state index contributed by atoms with van der Waals surface area (Å²) in [5, 5.41) is 3.69. The monoisotopic (exact) mass is 170 g/mol. The minimum absolute atomic E-state index is 0.0580. The molecular formula is C8H14N2O2. The first kappa shape index (κ1) is 9.06. The van der Waals surface area contributed by atoms with Crippen LogP contribution in [0.25, 0.3) is 0 Å². The minimum atomic E-state index is 0.0580. The van der Waals surface area contributed by atoms with Crippen molar-refractivity contribution < 1.29 is 9.26 Å². The van der Waals surface area contributed by atoms with Gasteiger partial charge in [0.15, 0.2) is 0 Å². The molecule has 1 heterocycles. The molecule has 0 saturated carbocycles. The molecule has 12 heavy (non-hydrogen) atoms. The van der Waals surface area contributed by atoms with E-state index in [1.54, 1.807) is 13.2 Å². The van der Waals surface area contributed by atoms with Crippen molar-refractivity contribution >= 4 is 0 Å². The van der Waals surface area contributed by atoms with Gasteiger partial charge in [0.05, 0.1) is 7.11 Å². The summed E-state index contributed by atoms with van der Waals surface area (Å²) in [5.74, 6) is 1.43. The predicted octanol–water partition coefficient (Wildman–Crippen LogP) is 1.13. The van der Waals surface area contributed by atoms with Gasteiger partial charge in [-0.25, -0.2) is 0 Å². The summed E-state index contributed by atoms with van der Waals surface area (Å²) >= 11 is 0. The number of aromatic nitrogens is 1. The van der Waals surface area contributed by atoms with E-state index < -0.39 is 0 Å². The van der Waals surface area contributed by atoms with Crippen LogP contribution in [0.5, 0.6) is 5.88 Å². The van der Waals surface area contributed by atoms with Gasteiger partial charge in [0, 0.05) is 18.0 Å². The van der Waals surface area contributed by atoms with Gasteiger partial charge >= 0.3 is 0 Å². The molecule has 4 nitrogen and oxygen atoms in total. The van der Waals surface area contributed by atoms with Crippen LogP contribution >= 0.6 is 0 Å². The smallest absolute Gasteiger partial charge is 0.254 e. The molecule has 4 heteroatoms. The molecule has 0 fully saturated rings. The van der Waals surface area contributed by atoms with Crippen molar-refractivity contribution in [2.24, 2.45) is 5.73 Å². The van der Waals surface area contributed by atoms with Crippen molar-refractivity contribution in [1.82, 2.24) is 5.16 Å². The average Bonchev–Trinajstić information content (AvgIpc) is 2.50. The summed E-state index contributed by atoms with van der Waals surface area (Å²) in [6, 6.07) is 1.82. The van der Waals surface area contributed by atoms with Gasteiger partial charge in [-0.1, -0.05) is 6.92 Å². The third-order valence-electron chi connectivity index (χ3n) is 1.95. The second kappa shape index (κ2) is 3.58. The van der Waals surface area contributed by atoms with Crippen LogP contribution in [0.3, 0.4) is 0 Å². The van der Waals surface area contributed by atoms with E-state index in [1.165, 1.54) is 0 Å². The van der Waals surface area contributed by atoms with Gasteiger partial charge in [-0.2, -0.15) is 0 Å². The maximum Gasteiger partial charge on any atom is 0.254 e. The highest BCUT2D eigenvalue weighted by atomic mass is 16.5. The summed E-state index contributed by atoms with van der Waals surface area (Å²) in [6.07, 6.45) is 0. The van der Waals surface area contributed by atoms with Gasteiger partial charge in [-0.3, -0.25) is 0 Å². The molecular weight excluding hydrogens is 156 g/mol. The van der Waals surface area contributed by atoms with Crippen LogP contribution in [0, 0.1) is 0 Å². The number of rotatable bonds is 3. The minimum Gasteiger partial charge on any atom is -0.479 e. The lowest BCUT2D eigenvalue weighted by atomic mass is 10.0. The Labute approximate surface area is 71.7 Å². The van der Waals surface area contributed by atoms with Crippen LogP contribution < -0.4 is 10.5 Å². The third kappa shape index (κ3) is 1.76. The standard InChI is InChI=1S/C8H14N2O2/c1-5(6(2)9)7-4-8(11-3)10-12-7/h4-6H,9H2,1-3H3. The SMILES string of the molecule is COc1cc(C(C)C(C)N)on1. The van der Waals surface area contributed by atoms with Crippen LogP contribution in [0.4, 0.5) is 0 Å². The van der Waals surface area contributed by atoms with Crippen molar-refractivity contribution in [2.45, 2.75) is 25.8 Å². The first-order valence-electron chi connectivity index (χ1n) is 3.91. The molecule has 0 aliphatic carbocycles. The summed E-state index contributed by atoms with van der Waals surface area (Å²) in [6.45, 7) is 3.92. The van der Waals surface area contributed by atoms with Gasteiger partial charge in [0.2, 0.25) is 0 Å². The Hall–Kier alpha value is -1.03. The molecule has 0 bridgehead atoms. The van der Waals surface area contributed by atoms with Gasteiger partial charge < -0.3 is 15.0 Å². The van der Waals surface area contributed by atoms with Gasteiger partial charge in [0.25, 0.3) is 5.88 Å². The molecule has 1 aromatic heterocycles. The van der Waals surface area contributed by atoms with Crippen molar-refractivity contribution in [3.05, 3.63) is 11.8 Å². The topological polar surface area (TPSA) is 61.3 Å². The molecule has 0 spiro atoms. The third-order valence-corrected chi connectivity index (χ3v) is 1.95. The Balaban J connectivity index is 2.74. The van der Waals surface area contributed by atoms with E-state index in [4.69, 9.17) is 15.0 Å². The quantitative estimate of drug-likeness (QED) is 0.738. The fraction of sp³-hybridized carbons (Fsp3) is 0.625. The Morgan fingerprint density at radius 1 is 1.58 bits per heavy atom. The number of nitrogens with two attached hydrogens (primary N) is 1. The van der Waals surface area contributed by atoms with Gasteiger partial charge in [-0.15, -0.1) is 0 Å². The van der Waals surface area contributed by atoms with Crippen molar-refractivity contribution in [3.8, 4) is 5.88 Å². The summed E-state index contributed by atoms with van der Waals surface area (Å²) in [7, 11) is 1.55. The van der Waals surface area contributed by atoms with Crippen molar-refractivity contribution in [1.29, 1.82) is 0 Å². The second-order valence-corrected chi connectivity index (χ2v) is 2.92. The predicted molar refractivity (Wildman–Crippen MR) is 45.1 cm³/mol. The van der Waals surface area contributed by atoms with Gasteiger partial charge in [0.1, 0.15) is 5.76 Å². The van der Waals surface area contributed by atoms with Crippen molar-refractivity contribution in [2.75, 3.05) is 7.11 Å². The van der Waals surface area contributed by atoms with Gasteiger partial charge in [-0.05, 0) is 12.1 Å². The Morgan fingerprint density at radius 3 is 2.67 bits per heavy atom. The van der Waals surface area contributed by atoms with Crippen LogP contribution in [0.15, 0.2) is 10.6 Å². The maximum absolute atomic E-state index is 5.69. The fourth-order valence-electron chi connectivity index (χ4n) is 0.842. The largest absolute Gasteiger partial charge is 0.479 e. The van der Waals surface area contributed by atoms with Crippen LogP contribution in [0.2, 0.25) is 0 Å².